The highest BCUT2D eigenvalue weighted by Gasteiger charge is 2.26. The van der Waals surface area contributed by atoms with Crippen molar-refractivity contribution in [1.29, 1.82) is 0 Å². The molecule has 1 aliphatic rings. The zero-order valence-electron chi connectivity index (χ0n) is 18.3. The molecule has 0 bridgehead atoms. The fourth-order valence-corrected chi connectivity index (χ4v) is 6.28. The van der Waals surface area contributed by atoms with Crippen molar-refractivity contribution in [3.8, 4) is 0 Å². The maximum absolute atomic E-state index is 13.0. The number of benzene rings is 2. The molecule has 32 heavy (non-hydrogen) atoms. The first kappa shape index (κ1) is 24.2. The first-order valence-corrected chi connectivity index (χ1v) is 13.5. The Hall–Kier alpha value is -2.43. The lowest BCUT2D eigenvalue weighted by Crippen LogP contribution is -2.35. The summed E-state index contributed by atoms with van der Waals surface area (Å²) >= 11 is 0. The third kappa shape index (κ3) is 5.48. The van der Waals surface area contributed by atoms with E-state index in [0.717, 1.165) is 19.3 Å². The molecule has 0 aliphatic carbocycles. The van der Waals surface area contributed by atoms with Crippen LogP contribution < -0.4 is 4.72 Å². The highest BCUT2D eigenvalue weighted by atomic mass is 32.2. The summed E-state index contributed by atoms with van der Waals surface area (Å²) in [6.45, 7) is 5.07. The molecule has 0 unspecified atom stereocenters. The van der Waals surface area contributed by atoms with E-state index in [0.29, 0.717) is 30.9 Å². The maximum atomic E-state index is 13.0. The van der Waals surface area contributed by atoms with Crippen molar-refractivity contribution in [3.63, 3.8) is 0 Å². The Morgan fingerprint density at radius 1 is 0.938 bits per heavy atom. The molecular weight excluding hydrogens is 450 g/mol. The lowest BCUT2D eigenvalue weighted by atomic mass is 10.1. The number of nitrogens with one attached hydrogen (secondary N) is 1. The third-order valence-electron chi connectivity index (χ3n) is 5.54. The summed E-state index contributed by atoms with van der Waals surface area (Å²) in [5, 5.41) is 0. The monoisotopic (exact) mass is 479 g/mol. The van der Waals surface area contributed by atoms with E-state index in [1.165, 1.54) is 35.5 Å². The van der Waals surface area contributed by atoms with Gasteiger partial charge in [0.25, 0.3) is 10.0 Å². The van der Waals surface area contributed by atoms with Crippen molar-refractivity contribution >= 4 is 31.6 Å². The number of amides is 1. The zero-order chi connectivity index (χ0) is 23.4. The molecule has 0 spiro atoms. The zero-order valence-corrected chi connectivity index (χ0v) is 20.0. The van der Waals surface area contributed by atoms with Gasteiger partial charge in [-0.15, -0.1) is 0 Å². The summed E-state index contributed by atoms with van der Waals surface area (Å²) < 4.78 is 55.5. The Morgan fingerprint density at radius 3 is 2.12 bits per heavy atom. The van der Waals surface area contributed by atoms with Gasteiger partial charge in [0.15, 0.2) is 0 Å². The number of sulfonamides is 2. The van der Waals surface area contributed by atoms with E-state index in [1.807, 2.05) is 6.92 Å². The number of carbonyl (C=O) groups is 1. The second-order valence-corrected chi connectivity index (χ2v) is 11.4. The normalized spacial score (nSPS) is 15.3. The van der Waals surface area contributed by atoms with Crippen LogP contribution in [0, 0.1) is 0 Å². The summed E-state index contributed by atoms with van der Waals surface area (Å²) in [5.74, 6) is -0.101. The Labute approximate surface area is 190 Å². The number of hydrogen-bond acceptors (Lipinski definition) is 5. The molecule has 174 valence electrons. The van der Waals surface area contributed by atoms with Crippen LogP contribution in [-0.4, -0.2) is 51.6 Å². The van der Waals surface area contributed by atoms with Crippen molar-refractivity contribution in [2.75, 3.05) is 24.4 Å². The molecule has 1 amide bonds. The molecule has 8 nitrogen and oxygen atoms in total. The lowest BCUT2D eigenvalue weighted by Gasteiger charge is -2.25. The Bertz CT molecular complexity index is 1160. The summed E-state index contributed by atoms with van der Waals surface area (Å²) in [6.07, 6.45) is 2.67. The Balaban J connectivity index is 1.82. The molecule has 0 saturated carbocycles. The predicted molar refractivity (Wildman–Crippen MR) is 123 cm³/mol. The first-order chi connectivity index (χ1) is 15.1. The number of carbonyl (C=O) groups excluding carboxylic acids is 1. The first-order valence-electron chi connectivity index (χ1n) is 10.6. The molecule has 1 saturated heterocycles. The molecule has 2 aromatic rings. The molecule has 1 aliphatic heterocycles. The second kappa shape index (κ2) is 10.0. The van der Waals surface area contributed by atoms with Gasteiger partial charge >= 0.3 is 0 Å². The number of rotatable bonds is 8. The largest absolute Gasteiger partial charge is 0.339 e. The third-order valence-corrected chi connectivity index (χ3v) is 8.83. The minimum absolute atomic E-state index is 0.0381. The molecule has 1 heterocycles. The van der Waals surface area contributed by atoms with E-state index in [4.69, 9.17) is 0 Å². The van der Waals surface area contributed by atoms with Crippen LogP contribution in [0.3, 0.4) is 0 Å². The van der Waals surface area contributed by atoms with Crippen LogP contribution in [0.15, 0.2) is 58.3 Å². The van der Waals surface area contributed by atoms with Gasteiger partial charge in [0, 0.05) is 33.1 Å². The van der Waals surface area contributed by atoms with Gasteiger partial charge in [-0.1, -0.05) is 24.6 Å². The van der Waals surface area contributed by atoms with Gasteiger partial charge in [-0.25, -0.2) is 16.8 Å². The van der Waals surface area contributed by atoms with E-state index in [-0.39, 0.29) is 22.2 Å². The average Bonchev–Trinajstić information content (AvgIpc) is 2.78. The molecule has 1 N–H and O–H groups in total. The molecule has 1 fully saturated rings. The van der Waals surface area contributed by atoms with Crippen molar-refractivity contribution < 1.29 is 21.6 Å². The molecule has 2 aromatic carbocycles. The van der Waals surface area contributed by atoms with E-state index in [2.05, 4.69) is 4.72 Å². The highest BCUT2D eigenvalue weighted by molar-refractivity contribution is 7.92. The van der Waals surface area contributed by atoms with Gasteiger partial charge in [0.05, 0.1) is 15.5 Å². The predicted octanol–water partition coefficient (Wildman–Crippen LogP) is 3.03. The summed E-state index contributed by atoms with van der Waals surface area (Å²) in [7, 11) is -7.58. The van der Waals surface area contributed by atoms with Gasteiger partial charge < -0.3 is 4.90 Å². The molecule has 0 aromatic heterocycles. The fraction of sp³-hybridized carbons (Fsp3) is 0.409. The summed E-state index contributed by atoms with van der Waals surface area (Å²) in [4.78, 5) is 13.4. The van der Waals surface area contributed by atoms with Gasteiger partial charge in [0.2, 0.25) is 15.9 Å². The van der Waals surface area contributed by atoms with Gasteiger partial charge in [-0.2, -0.15) is 4.31 Å². The van der Waals surface area contributed by atoms with Crippen molar-refractivity contribution in [2.45, 2.75) is 49.4 Å². The number of para-hydroxylation sites is 1. The van der Waals surface area contributed by atoms with E-state index in [9.17, 15) is 21.6 Å². The number of anilines is 1. The van der Waals surface area contributed by atoms with Crippen LogP contribution in [0.4, 0.5) is 5.69 Å². The minimum Gasteiger partial charge on any atom is -0.339 e. The van der Waals surface area contributed by atoms with Crippen LogP contribution in [0.2, 0.25) is 0 Å². The number of hydrogen-bond donors (Lipinski definition) is 1. The quantitative estimate of drug-likeness (QED) is 0.627. The summed E-state index contributed by atoms with van der Waals surface area (Å²) in [5.41, 5.74) is 1.04. The lowest BCUT2D eigenvalue weighted by molar-refractivity contribution is -0.129. The van der Waals surface area contributed by atoms with Crippen molar-refractivity contribution in [2.24, 2.45) is 0 Å². The smallest absolute Gasteiger partial charge is 0.261 e. The van der Waals surface area contributed by atoms with Crippen LogP contribution in [0.5, 0.6) is 0 Å². The fourth-order valence-electron chi connectivity index (χ4n) is 3.66. The number of piperidine rings is 1. The van der Waals surface area contributed by atoms with Gasteiger partial charge in [-0.05, 0) is 55.7 Å². The topological polar surface area (TPSA) is 104 Å². The average molecular weight is 480 g/mol. The maximum Gasteiger partial charge on any atom is 0.261 e. The van der Waals surface area contributed by atoms with Crippen LogP contribution in [0.1, 0.15) is 38.7 Å². The highest BCUT2D eigenvalue weighted by Crippen LogP contribution is 2.24. The Morgan fingerprint density at radius 2 is 1.53 bits per heavy atom. The standard InChI is InChI=1S/C22H29N3O5S2/c1-3-24(18(2)26)17-19-9-5-6-10-22(19)23-31(27,28)20-11-13-21(14-12-20)32(29,30)25-15-7-4-8-16-25/h5-6,9-14,23H,3-4,7-8,15-17H2,1-2H3. The molecule has 0 atom stereocenters. The molecular formula is C22H29N3O5S2. The minimum atomic E-state index is -3.95. The van der Waals surface area contributed by atoms with Gasteiger partial charge in [0.1, 0.15) is 0 Å². The van der Waals surface area contributed by atoms with Crippen molar-refractivity contribution in [3.05, 3.63) is 54.1 Å². The molecule has 0 radical (unpaired) electrons. The van der Waals surface area contributed by atoms with Crippen LogP contribution in [-0.2, 0) is 31.4 Å². The van der Waals surface area contributed by atoms with Crippen LogP contribution >= 0.6 is 0 Å². The van der Waals surface area contributed by atoms with Crippen LogP contribution in [0.25, 0.3) is 0 Å². The summed E-state index contributed by atoms with van der Waals surface area (Å²) in [6, 6.07) is 12.2. The van der Waals surface area contributed by atoms with Gasteiger partial charge in [-0.3, -0.25) is 9.52 Å². The van der Waals surface area contributed by atoms with E-state index < -0.39 is 20.0 Å². The molecule has 10 heteroatoms. The second-order valence-electron chi connectivity index (χ2n) is 7.73. The molecule has 3 rings (SSSR count). The number of nitrogens with zero attached hydrogens (tertiary/aromatic N) is 2. The van der Waals surface area contributed by atoms with E-state index >= 15 is 0 Å². The SMILES string of the molecule is CCN(Cc1ccccc1NS(=O)(=O)c1ccc(S(=O)(=O)N2CCCCC2)cc1)C(C)=O. The Kier molecular flexibility index (Phi) is 7.58. The van der Waals surface area contributed by atoms with Crippen molar-refractivity contribution in [1.82, 2.24) is 9.21 Å². The van der Waals surface area contributed by atoms with E-state index in [1.54, 1.807) is 29.2 Å².